The number of carboxylic acids is 2. The Kier molecular flexibility index (Phi) is 11.9. The number of thioether (sulfide) groups is 1. The average Bonchev–Trinajstić information content (AvgIpc) is 3.43. The van der Waals surface area contributed by atoms with Gasteiger partial charge in [-0.2, -0.15) is 0 Å². The molecule has 3 aliphatic heterocycles. The van der Waals surface area contributed by atoms with Crippen LogP contribution in [0.25, 0.3) is 0 Å². The van der Waals surface area contributed by atoms with Crippen molar-refractivity contribution in [1.29, 1.82) is 0 Å². The van der Waals surface area contributed by atoms with E-state index < -0.39 is 41.0 Å². The van der Waals surface area contributed by atoms with Crippen molar-refractivity contribution in [2.75, 3.05) is 37.7 Å². The quantitative estimate of drug-likeness (QED) is 0.0311. The number of ketones is 2. The minimum atomic E-state index is -1.40. The number of aromatic nitrogens is 1. The normalized spacial score (nSPS) is 20.7. The number of carbonyl (C=O) groups excluding carboxylic acids is 3. The van der Waals surface area contributed by atoms with Crippen LogP contribution >= 0.6 is 34.7 Å². The van der Waals surface area contributed by atoms with Gasteiger partial charge in [0.05, 0.1) is 30.9 Å². The van der Waals surface area contributed by atoms with E-state index in [1.54, 1.807) is 0 Å². The SMILES string of the molecule is C[C@H](O/N=C(\C(=O)CC1C(=O)N2C(C(=O)O)=C(C[N+]3(CCCCC(=O)c4ccc(O)c(O)c4)CCCCC3)CSC12)c1nc(N)sc1Cl)C(=O)O. The molecule has 51 heavy (non-hydrogen) atoms. The monoisotopic (exact) mass is 764 g/mol. The Labute approximate surface area is 306 Å². The Morgan fingerprint density at radius 2 is 1.86 bits per heavy atom. The summed E-state index contributed by atoms with van der Waals surface area (Å²) in [6.07, 6.45) is 2.80. The van der Waals surface area contributed by atoms with Crippen LogP contribution in [0.3, 0.4) is 0 Å². The van der Waals surface area contributed by atoms with Crippen LogP contribution in [0.4, 0.5) is 5.13 Å². The molecule has 0 saturated carbocycles. The van der Waals surface area contributed by atoms with Crippen LogP contribution in [0.1, 0.15) is 67.9 Å². The maximum Gasteiger partial charge on any atom is 0.352 e. The topological polar surface area (TPSA) is 230 Å². The molecule has 3 aliphatic rings. The molecule has 0 bridgehead atoms. The van der Waals surface area contributed by atoms with Crippen LogP contribution in [0.15, 0.2) is 34.6 Å². The molecule has 0 spiro atoms. The van der Waals surface area contributed by atoms with Crippen molar-refractivity contribution >= 4 is 75.0 Å². The zero-order valence-corrected chi connectivity index (χ0v) is 30.1. The molecule has 3 atom stereocenters. The summed E-state index contributed by atoms with van der Waals surface area (Å²) in [4.78, 5) is 74.1. The fourth-order valence-electron chi connectivity index (χ4n) is 6.72. The second-order valence-corrected chi connectivity index (χ2v) is 15.7. The fourth-order valence-corrected chi connectivity index (χ4v) is 9.06. The molecule has 2 saturated heterocycles. The van der Waals surface area contributed by atoms with E-state index in [9.17, 15) is 44.4 Å². The molecular formula is C33H39ClN5O10S2+. The first kappa shape index (κ1) is 38.1. The lowest BCUT2D eigenvalue weighted by Gasteiger charge is -2.50. The average molecular weight is 765 g/mol. The van der Waals surface area contributed by atoms with Crippen LogP contribution in [0, 0.1) is 5.92 Å². The number of nitrogens with zero attached hydrogens (tertiary/aromatic N) is 4. The summed E-state index contributed by atoms with van der Waals surface area (Å²) in [7, 11) is 0. The molecule has 18 heteroatoms. The summed E-state index contributed by atoms with van der Waals surface area (Å²) in [5.74, 6) is -5.09. The van der Waals surface area contributed by atoms with E-state index in [0.29, 0.717) is 40.8 Å². The van der Waals surface area contributed by atoms with Gasteiger partial charge in [0, 0.05) is 29.7 Å². The van der Waals surface area contributed by atoms with Gasteiger partial charge in [-0.1, -0.05) is 28.1 Å². The molecule has 15 nitrogen and oxygen atoms in total. The number of carboxylic acid groups (broad SMARTS) is 2. The minimum absolute atomic E-state index is 0.0273. The van der Waals surface area contributed by atoms with Gasteiger partial charge in [0.1, 0.15) is 22.3 Å². The predicted molar refractivity (Wildman–Crippen MR) is 189 cm³/mol. The first-order valence-corrected chi connectivity index (χ1v) is 18.7. The molecule has 4 heterocycles. The third-order valence-corrected chi connectivity index (χ3v) is 11.9. The summed E-state index contributed by atoms with van der Waals surface area (Å²) < 4.78 is 0.668. The Hall–Kier alpha value is -4.19. The molecule has 0 radical (unpaired) electrons. The molecule has 1 aromatic carbocycles. The highest BCUT2D eigenvalue weighted by Gasteiger charge is 2.55. The number of amides is 1. The summed E-state index contributed by atoms with van der Waals surface area (Å²) in [6, 6.07) is 4.00. The number of aliphatic carboxylic acids is 2. The number of halogens is 1. The number of phenols is 2. The zero-order chi connectivity index (χ0) is 37.0. The van der Waals surface area contributed by atoms with Gasteiger partial charge < -0.3 is 35.5 Å². The third kappa shape index (κ3) is 8.48. The van der Waals surface area contributed by atoms with E-state index in [1.165, 1.54) is 41.8 Å². The van der Waals surface area contributed by atoms with Gasteiger partial charge >= 0.3 is 11.9 Å². The number of nitrogen functional groups attached to an aromatic ring is 1. The summed E-state index contributed by atoms with van der Waals surface area (Å²) >= 11 is 8.49. The molecule has 274 valence electrons. The van der Waals surface area contributed by atoms with Crippen molar-refractivity contribution in [1.82, 2.24) is 9.88 Å². The van der Waals surface area contributed by atoms with Gasteiger partial charge in [-0.25, -0.2) is 14.6 Å². The highest BCUT2D eigenvalue weighted by molar-refractivity contribution is 8.00. The number of carbonyl (C=O) groups is 5. The second kappa shape index (κ2) is 16.0. The fraction of sp³-hybridized carbons (Fsp3) is 0.485. The molecule has 1 aromatic heterocycles. The highest BCUT2D eigenvalue weighted by Crippen LogP contribution is 2.46. The van der Waals surface area contributed by atoms with Crippen molar-refractivity contribution < 1.29 is 53.7 Å². The Morgan fingerprint density at radius 3 is 2.49 bits per heavy atom. The van der Waals surface area contributed by atoms with E-state index in [-0.39, 0.29) is 56.7 Å². The van der Waals surface area contributed by atoms with Crippen molar-refractivity contribution in [3.05, 3.63) is 45.1 Å². The number of rotatable bonds is 16. The van der Waals surface area contributed by atoms with Gasteiger partial charge in [-0.05, 0) is 57.2 Å². The van der Waals surface area contributed by atoms with Gasteiger partial charge in [0.25, 0.3) is 0 Å². The number of quaternary nitrogens is 1. The second-order valence-electron chi connectivity index (χ2n) is 12.9. The number of hydrogen-bond acceptors (Lipinski definition) is 13. The summed E-state index contributed by atoms with van der Waals surface area (Å²) in [5.41, 5.74) is 6.15. The first-order chi connectivity index (χ1) is 24.2. The number of fused-ring (bicyclic) bond motifs is 1. The number of benzene rings is 1. The number of phenolic OH excluding ortho intramolecular Hbond substituents is 2. The number of nitrogens with two attached hydrogens (primary N) is 1. The Morgan fingerprint density at radius 1 is 1.14 bits per heavy atom. The molecule has 0 aliphatic carbocycles. The largest absolute Gasteiger partial charge is 0.504 e. The van der Waals surface area contributed by atoms with Crippen LogP contribution in [-0.2, 0) is 24.0 Å². The van der Waals surface area contributed by atoms with Crippen LogP contribution < -0.4 is 5.73 Å². The highest BCUT2D eigenvalue weighted by atomic mass is 35.5. The van der Waals surface area contributed by atoms with E-state index in [2.05, 4.69) is 10.1 Å². The summed E-state index contributed by atoms with van der Waals surface area (Å²) in [5, 5.41) is 42.0. The smallest absolute Gasteiger partial charge is 0.352 e. The molecule has 2 unspecified atom stereocenters. The van der Waals surface area contributed by atoms with Crippen molar-refractivity contribution in [2.45, 2.75) is 63.3 Å². The lowest BCUT2D eigenvalue weighted by Crippen LogP contribution is -2.63. The Balaban J connectivity index is 1.28. The van der Waals surface area contributed by atoms with Gasteiger partial charge in [-0.15, -0.1) is 11.8 Å². The van der Waals surface area contributed by atoms with E-state index in [4.69, 9.17) is 22.2 Å². The number of likely N-dealkylation sites (tertiary alicyclic amines) is 1. The third-order valence-electron chi connectivity index (χ3n) is 9.38. The van der Waals surface area contributed by atoms with Crippen molar-refractivity contribution in [2.24, 2.45) is 11.1 Å². The maximum atomic E-state index is 13.6. The number of Topliss-reactive ketones (excluding diaryl/α,β-unsaturated/α-hetero) is 2. The molecular weight excluding hydrogens is 726 g/mol. The molecule has 2 fully saturated rings. The lowest BCUT2D eigenvalue weighted by molar-refractivity contribution is -0.928. The van der Waals surface area contributed by atoms with Crippen LogP contribution in [0.5, 0.6) is 11.5 Å². The van der Waals surface area contributed by atoms with E-state index in [0.717, 1.165) is 50.2 Å². The Bertz CT molecular complexity index is 1790. The number of oxime groups is 1. The molecule has 1 amide bonds. The van der Waals surface area contributed by atoms with E-state index in [1.807, 2.05) is 0 Å². The van der Waals surface area contributed by atoms with Crippen LogP contribution in [-0.4, -0.2) is 113 Å². The number of aromatic hydroxyl groups is 2. The maximum absolute atomic E-state index is 13.6. The number of hydrogen-bond donors (Lipinski definition) is 5. The molecule has 5 rings (SSSR count). The summed E-state index contributed by atoms with van der Waals surface area (Å²) in [6.45, 7) is 4.05. The standard InChI is InChI=1S/C33H38ClN5O10S2/c1-17(31(45)46)49-37-25(26-28(34)51-33(35)36-26)24(43)14-20-29(44)38-27(32(47)48)19(16-50-30(20)38)15-39(10-4-2-5-11-39)12-6-3-7-21(40)18-8-9-22(41)23(42)13-18/h8-9,13,17,20,30H,2-7,10-12,14-16H2,1H3,(H5-,35,36,37,40,41,42,43,45,46,47,48)/p+1/t17-,20?,30?/m0/s1. The molecule has 6 N–H and O–H groups in total. The number of thiazole rings is 1. The lowest BCUT2D eigenvalue weighted by atomic mass is 9.89. The van der Waals surface area contributed by atoms with Gasteiger partial charge in [0.2, 0.25) is 12.0 Å². The number of unbranched alkanes of at least 4 members (excludes halogenated alkanes) is 1. The number of β-lactam (4-membered cyclic amide) rings is 1. The zero-order valence-electron chi connectivity index (χ0n) is 27.7. The van der Waals surface area contributed by atoms with Gasteiger partial charge in [-0.3, -0.25) is 19.3 Å². The number of anilines is 1. The van der Waals surface area contributed by atoms with Crippen molar-refractivity contribution in [3.8, 4) is 11.5 Å². The van der Waals surface area contributed by atoms with Crippen LogP contribution in [0.2, 0.25) is 4.34 Å². The number of piperidine rings is 1. The predicted octanol–water partition coefficient (Wildman–Crippen LogP) is 3.87. The molecule has 2 aromatic rings. The first-order valence-electron chi connectivity index (χ1n) is 16.4. The van der Waals surface area contributed by atoms with E-state index >= 15 is 0 Å². The minimum Gasteiger partial charge on any atom is -0.504 e. The van der Waals surface area contributed by atoms with Gasteiger partial charge in [0.15, 0.2) is 33.9 Å². The van der Waals surface area contributed by atoms with Crippen molar-refractivity contribution in [3.63, 3.8) is 0 Å².